The Morgan fingerprint density at radius 2 is 2.00 bits per heavy atom. The summed E-state index contributed by atoms with van der Waals surface area (Å²) in [7, 11) is 0. The number of nitrogens with one attached hydrogen (secondary N) is 1. The molecule has 3 N–H and O–H groups in total. The standard InChI is InChI=1S/C8H7Br2N3/c9-4-1-2-5(10)8-7(4)12-6(3-11)13-8/h1-2H,3,11H2,(H,12,13). The molecule has 3 nitrogen and oxygen atoms in total. The molecular formula is C8H7Br2N3. The third-order valence-electron chi connectivity index (χ3n) is 1.79. The molecule has 0 amide bonds. The average Bonchev–Trinajstić information content (AvgIpc) is 2.56. The summed E-state index contributed by atoms with van der Waals surface area (Å²) in [6.07, 6.45) is 0. The predicted octanol–water partition coefficient (Wildman–Crippen LogP) is 2.55. The number of benzene rings is 1. The van der Waals surface area contributed by atoms with Crippen molar-refractivity contribution in [3.8, 4) is 0 Å². The van der Waals surface area contributed by atoms with Gasteiger partial charge < -0.3 is 10.7 Å². The van der Waals surface area contributed by atoms with Crippen LogP contribution < -0.4 is 5.73 Å². The summed E-state index contributed by atoms with van der Waals surface area (Å²) >= 11 is 6.87. The second-order valence-corrected chi connectivity index (χ2v) is 4.35. The van der Waals surface area contributed by atoms with Crippen molar-refractivity contribution in [2.24, 2.45) is 5.73 Å². The van der Waals surface area contributed by atoms with Gasteiger partial charge in [0, 0.05) is 8.95 Å². The first-order chi connectivity index (χ1) is 6.22. The SMILES string of the molecule is NCc1nc2c(Br)ccc(Br)c2[nH]1. The van der Waals surface area contributed by atoms with E-state index in [9.17, 15) is 0 Å². The number of nitrogens with zero attached hydrogens (tertiary/aromatic N) is 1. The topological polar surface area (TPSA) is 54.7 Å². The highest BCUT2D eigenvalue weighted by atomic mass is 79.9. The predicted molar refractivity (Wildman–Crippen MR) is 59.4 cm³/mol. The summed E-state index contributed by atoms with van der Waals surface area (Å²) in [5.41, 5.74) is 7.38. The molecule has 1 aromatic carbocycles. The molecule has 1 heterocycles. The van der Waals surface area contributed by atoms with Crippen LogP contribution in [0.25, 0.3) is 11.0 Å². The van der Waals surface area contributed by atoms with Crippen LogP contribution in [-0.2, 0) is 6.54 Å². The van der Waals surface area contributed by atoms with Crippen LogP contribution in [0.1, 0.15) is 5.82 Å². The van der Waals surface area contributed by atoms with Gasteiger partial charge in [-0.15, -0.1) is 0 Å². The lowest BCUT2D eigenvalue weighted by Gasteiger charge is -1.93. The number of fused-ring (bicyclic) bond motifs is 1. The number of hydrogen-bond donors (Lipinski definition) is 2. The molecule has 68 valence electrons. The zero-order valence-electron chi connectivity index (χ0n) is 6.64. The Balaban J connectivity index is 2.80. The van der Waals surface area contributed by atoms with Gasteiger partial charge in [-0.2, -0.15) is 0 Å². The number of rotatable bonds is 1. The van der Waals surface area contributed by atoms with Gasteiger partial charge in [-0.3, -0.25) is 0 Å². The van der Waals surface area contributed by atoms with Gasteiger partial charge in [0.15, 0.2) is 0 Å². The molecule has 0 saturated heterocycles. The molecule has 1 aromatic heterocycles. The van der Waals surface area contributed by atoms with E-state index in [1.54, 1.807) is 0 Å². The lowest BCUT2D eigenvalue weighted by atomic mass is 10.3. The molecule has 13 heavy (non-hydrogen) atoms. The highest BCUT2D eigenvalue weighted by Gasteiger charge is 2.07. The molecular weight excluding hydrogens is 298 g/mol. The van der Waals surface area contributed by atoms with Crippen molar-refractivity contribution >= 4 is 42.9 Å². The quantitative estimate of drug-likeness (QED) is 0.850. The molecule has 0 aliphatic rings. The van der Waals surface area contributed by atoms with E-state index in [0.29, 0.717) is 6.54 Å². The van der Waals surface area contributed by atoms with Crippen molar-refractivity contribution in [3.63, 3.8) is 0 Å². The van der Waals surface area contributed by atoms with Crippen molar-refractivity contribution in [1.82, 2.24) is 9.97 Å². The van der Waals surface area contributed by atoms with Crippen molar-refractivity contribution in [3.05, 3.63) is 26.9 Å². The van der Waals surface area contributed by atoms with E-state index in [0.717, 1.165) is 25.8 Å². The van der Waals surface area contributed by atoms with Crippen molar-refractivity contribution in [2.75, 3.05) is 0 Å². The zero-order valence-corrected chi connectivity index (χ0v) is 9.81. The first kappa shape index (κ1) is 9.18. The Kier molecular flexibility index (Phi) is 2.40. The van der Waals surface area contributed by atoms with Gasteiger partial charge in [-0.1, -0.05) is 0 Å². The van der Waals surface area contributed by atoms with Crippen molar-refractivity contribution in [2.45, 2.75) is 6.54 Å². The highest BCUT2D eigenvalue weighted by molar-refractivity contribution is 9.11. The molecule has 0 aliphatic carbocycles. The van der Waals surface area contributed by atoms with Crippen LogP contribution in [-0.4, -0.2) is 9.97 Å². The van der Waals surface area contributed by atoms with Gasteiger partial charge in [0.1, 0.15) is 11.3 Å². The maximum absolute atomic E-state index is 5.49. The summed E-state index contributed by atoms with van der Waals surface area (Å²) < 4.78 is 1.97. The van der Waals surface area contributed by atoms with Crippen LogP contribution in [0.3, 0.4) is 0 Å². The summed E-state index contributed by atoms with van der Waals surface area (Å²) in [4.78, 5) is 7.48. The minimum absolute atomic E-state index is 0.424. The van der Waals surface area contributed by atoms with Gasteiger partial charge in [0.25, 0.3) is 0 Å². The Bertz CT molecular complexity index is 411. The van der Waals surface area contributed by atoms with E-state index >= 15 is 0 Å². The summed E-state index contributed by atoms with van der Waals surface area (Å²) in [6, 6.07) is 3.92. The Labute approximate surface area is 92.0 Å². The number of aromatic amines is 1. The van der Waals surface area contributed by atoms with E-state index in [2.05, 4.69) is 41.8 Å². The van der Waals surface area contributed by atoms with Crippen LogP contribution in [0.4, 0.5) is 0 Å². The van der Waals surface area contributed by atoms with Gasteiger partial charge in [-0.25, -0.2) is 4.98 Å². The Morgan fingerprint density at radius 3 is 2.62 bits per heavy atom. The molecule has 0 atom stereocenters. The second kappa shape index (κ2) is 3.40. The molecule has 0 bridgehead atoms. The lowest BCUT2D eigenvalue weighted by Crippen LogP contribution is -1.97. The third kappa shape index (κ3) is 1.51. The van der Waals surface area contributed by atoms with Crippen LogP contribution in [0, 0.1) is 0 Å². The maximum Gasteiger partial charge on any atom is 0.121 e. The Morgan fingerprint density at radius 1 is 1.31 bits per heavy atom. The summed E-state index contributed by atoms with van der Waals surface area (Å²) in [6.45, 7) is 0.424. The van der Waals surface area contributed by atoms with Crippen LogP contribution >= 0.6 is 31.9 Å². The largest absolute Gasteiger partial charge is 0.340 e. The first-order valence-electron chi connectivity index (χ1n) is 3.75. The number of nitrogens with two attached hydrogens (primary N) is 1. The fraction of sp³-hybridized carbons (Fsp3) is 0.125. The highest BCUT2D eigenvalue weighted by Crippen LogP contribution is 2.28. The van der Waals surface area contributed by atoms with Gasteiger partial charge in [0.05, 0.1) is 12.1 Å². The molecule has 0 spiro atoms. The van der Waals surface area contributed by atoms with E-state index in [1.807, 2.05) is 12.1 Å². The van der Waals surface area contributed by atoms with Gasteiger partial charge in [0.2, 0.25) is 0 Å². The smallest absolute Gasteiger partial charge is 0.121 e. The fourth-order valence-electron chi connectivity index (χ4n) is 1.17. The zero-order chi connectivity index (χ0) is 9.42. The fourth-order valence-corrected chi connectivity index (χ4v) is 2.01. The third-order valence-corrected chi connectivity index (χ3v) is 3.09. The average molecular weight is 305 g/mol. The van der Waals surface area contributed by atoms with Crippen molar-refractivity contribution < 1.29 is 0 Å². The minimum Gasteiger partial charge on any atom is -0.340 e. The number of halogens is 2. The molecule has 5 heteroatoms. The summed E-state index contributed by atoms with van der Waals surface area (Å²) in [5.74, 6) is 0.794. The number of H-pyrrole nitrogens is 1. The second-order valence-electron chi connectivity index (χ2n) is 2.64. The molecule has 0 unspecified atom stereocenters. The lowest BCUT2D eigenvalue weighted by molar-refractivity contribution is 0.958. The minimum atomic E-state index is 0.424. The molecule has 0 saturated carbocycles. The van der Waals surface area contributed by atoms with E-state index in [4.69, 9.17) is 5.73 Å². The monoisotopic (exact) mass is 303 g/mol. The molecule has 0 radical (unpaired) electrons. The van der Waals surface area contributed by atoms with Gasteiger partial charge in [-0.05, 0) is 44.0 Å². The van der Waals surface area contributed by atoms with E-state index in [1.165, 1.54) is 0 Å². The number of imidazole rings is 1. The van der Waals surface area contributed by atoms with Crippen molar-refractivity contribution in [1.29, 1.82) is 0 Å². The first-order valence-corrected chi connectivity index (χ1v) is 5.33. The van der Waals surface area contributed by atoms with Crippen LogP contribution in [0.2, 0.25) is 0 Å². The van der Waals surface area contributed by atoms with Crippen LogP contribution in [0.5, 0.6) is 0 Å². The number of hydrogen-bond acceptors (Lipinski definition) is 2. The Hall–Kier alpha value is -0.390. The molecule has 0 aliphatic heterocycles. The van der Waals surface area contributed by atoms with Gasteiger partial charge >= 0.3 is 0 Å². The van der Waals surface area contributed by atoms with Crippen LogP contribution in [0.15, 0.2) is 21.1 Å². The van der Waals surface area contributed by atoms with E-state index < -0.39 is 0 Å². The van der Waals surface area contributed by atoms with E-state index in [-0.39, 0.29) is 0 Å². The molecule has 2 aromatic rings. The normalized spacial score (nSPS) is 11.0. The summed E-state index contributed by atoms with van der Waals surface area (Å²) in [5, 5.41) is 0. The maximum atomic E-state index is 5.49. The molecule has 0 fully saturated rings. The molecule has 2 rings (SSSR count). The number of aromatic nitrogens is 2.